The Kier molecular flexibility index (Phi) is 4.93. The van der Waals surface area contributed by atoms with Crippen LogP contribution >= 0.6 is 0 Å². The van der Waals surface area contributed by atoms with Gasteiger partial charge in [-0.1, -0.05) is 31.2 Å². The molecule has 0 aliphatic heterocycles. The molecule has 0 saturated heterocycles. The van der Waals surface area contributed by atoms with Crippen LogP contribution < -0.4 is 0 Å². The summed E-state index contributed by atoms with van der Waals surface area (Å²) in [5, 5.41) is 0. The summed E-state index contributed by atoms with van der Waals surface area (Å²) in [6.07, 6.45) is 3.55. The van der Waals surface area contributed by atoms with Crippen molar-refractivity contribution >= 4 is 5.91 Å². The van der Waals surface area contributed by atoms with Crippen molar-refractivity contribution in [3.63, 3.8) is 0 Å². The van der Waals surface area contributed by atoms with Crippen LogP contribution in [0.15, 0.2) is 42.5 Å². The second-order valence-electron chi connectivity index (χ2n) is 6.35. The Labute approximate surface area is 141 Å². The average Bonchev–Trinajstić information content (AvgIpc) is 3.37. The fraction of sp³-hybridized carbons (Fsp3) is 0.350. The molecule has 0 spiro atoms. The van der Waals surface area contributed by atoms with Crippen LogP contribution in [0.5, 0.6) is 0 Å². The summed E-state index contributed by atoms with van der Waals surface area (Å²) < 4.78 is 26.6. The van der Waals surface area contributed by atoms with Crippen LogP contribution in [0.3, 0.4) is 0 Å². The zero-order valence-electron chi connectivity index (χ0n) is 13.8. The lowest BCUT2D eigenvalue weighted by atomic mass is 10.0. The second-order valence-corrected chi connectivity index (χ2v) is 6.35. The lowest BCUT2D eigenvalue weighted by molar-refractivity contribution is -0.131. The number of rotatable bonds is 6. The third-order valence-electron chi connectivity index (χ3n) is 4.28. The van der Waals surface area contributed by atoms with Gasteiger partial charge in [0.1, 0.15) is 11.6 Å². The van der Waals surface area contributed by atoms with E-state index in [1.165, 1.54) is 12.1 Å². The Hall–Kier alpha value is -2.23. The Morgan fingerprint density at radius 1 is 1.04 bits per heavy atom. The van der Waals surface area contributed by atoms with Crippen molar-refractivity contribution in [2.45, 2.75) is 38.6 Å². The molecular weight excluding hydrogens is 308 g/mol. The van der Waals surface area contributed by atoms with E-state index in [9.17, 15) is 13.6 Å². The smallest absolute Gasteiger partial charge is 0.227 e. The van der Waals surface area contributed by atoms with Crippen molar-refractivity contribution in [3.05, 3.63) is 59.7 Å². The second kappa shape index (κ2) is 7.12. The normalized spacial score (nSPS) is 13.8. The number of benzene rings is 2. The van der Waals surface area contributed by atoms with Gasteiger partial charge in [0.15, 0.2) is 0 Å². The maximum absolute atomic E-state index is 13.3. The third kappa shape index (κ3) is 3.99. The number of carbonyl (C=O) groups excluding carboxylic acids is 1. The summed E-state index contributed by atoms with van der Waals surface area (Å²) in [5.41, 5.74) is 2.15. The fourth-order valence-corrected chi connectivity index (χ4v) is 2.95. The lowest BCUT2D eigenvalue weighted by Gasteiger charge is -2.21. The fourth-order valence-electron chi connectivity index (χ4n) is 2.95. The summed E-state index contributed by atoms with van der Waals surface area (Å²) in [4.78, 5) is 14.4. The number of nitrogens with zero attached hydrogens (tertiary/aromatic N) is 1. The van der Waals surface area contributed by atoms with Crippen LogP contribution in [-0.4, -0.2) is 23.4 Å². The SMILES string of the molecule is CCCN(C(=O)Cc1ccc(-c2cc(F)cc(F)c2)cc1)C1CC1. The molecule has 0 heterocycles. The number of carbonyl (C=O) groups is 1. The van der Waals surface area contributed by atoms with Crippen LogP contribution in [0, 0.1) is 11.6 Å². The number of hydrogen-bond acceptors (Lipinski definition) is 1. The van der Waals surface area contributed by atoms with Crippen LogP contribution in [0.4, 0.5) is 8.78 Å². The Morgan fingerprint density at radius 2 is 1.67 bits per heavy atom. The highest BCUT2D eigenvalue weighted by Crippen LogP contribution is 2.28. The molecule has 2 aromatic carbocycles. The Morgan fingerprint density at radius 3 is 2.21 bits per heavy atom. The predicted octanol–water partition coefficient (Wildman–Crippen LogP) is 4.58. The summed E-state index contributed by atoms with van der Waals surface area (Å²) in [6, 6.07) is 11.2. The molecular formula is C20H21F2NO. The van der Waals surface area contributed by atoms with Crippen molar-refractivity contribution < 1.29 is 13.6 Å². The summed E-state index contributed by atoms with van der Waals surface area (Å²) in [5.74, 6) is -1.03. The molecule has 1 aliphatic rings. The molecule has 1 saturated carbocycles. The maximum Gasteiger partial charge on any atom is 0.227 e. The Balaban J connectivity index is 1.71. The first kappa shape index (κ1) is 16.6. The van der Waals surface area contributed by atoms with Gasteiger partial charge in [-0.3, -0.25) is 4.79 Å². The van der Waals surface area contributed by atoms with Gasteiger partial charge in [-0.25, -0.2) is 8.78 Å². The monoisotopic (exact) mass is 329 g/mol. The van der Waals surface area contributed by atoms with Gasteiger partial charge in [-0.15, -0.1) is 0 Å². The molecule has 2 nitrogen and oxygen atoms in total. The highest BCUT2D eigenvalue weighted by molar-refractivity contribution is 5.79. The highest BCUT2D eigenvalue weighted by atomic mass is 19.1. The standard InChI is InChI=1S/C20H21F2NO/c1-2-9-23(19-7-8-19)20(24)10-14-3-5-15(6-4-14)16-11-17(21)13-18(22)12-16/h3-6,11-13,19H,2,7-10H2,1H3. The van der Waals surface area contributed by atoms with E-state index in [0.29, 0.717) is 18.0 Å². The van der Waals surface area contributed by atoms with Crippen LogP contribution in [-0.2, 0) is 11.2 Å². The minimum atomic E-state index is -0.594. The third-order valence-corrected chi connectivity index (χ3v) is 4.28. The van der Waals surface area contributed by atoms with Gasteiger partial charge in [0, 0.05) is 18.7 Å². The number of hydrogen-bond donors (Lipinski definition) is 0. The van der Waals surface area contributed by atoms with E-state index in [4.69, 9.17) is 0 Å². The van der Waals surface area contributed by atoms with Gasteiger partial charge in [-0.05, 0) is 48.1 Å². The topological polar surface area (TPSA) is 20.3 Å². The number of halogens is 2. The van der Waals surface area contributed by atoms with E-state index in [0.717, 1.165) is 43.0 Å². The molecule has 0 atom stereocenters. The summed E-state index contributed by atoms with van der Waals surface area (Å²) >= 11 is 0. The van der Waals surface area contributed by atoms with E-state index in [2.05, 4.69) is 6.92 Å². The number of amides is 1. The average molecular weight is 329 g/mol. The van der Waals surface area contributed by atoms with Gasteiger partial charge < -0.3 is 4.90 Å². The molecule has 4 heteroatoms. The zero-order valence-corrected chi connectivity index (χ0v) is 13.8. The molecule has 0 aromatic heterocycles. The zero-order chi connectivity index (χ0) is 17.1. The van der Waals surface area contributed by atoms with Gasteiger partial charge in [0.2, 0.25) is 5.91 Å². The van der Waals surface area contributed by atoms with Crippen molar-refractivity contribution in [2.24, 2.45) is 0 Å². The molecule has 0 N–H and O–H groups in total. The molecule has 1 amide bonds. The first-order valence-electron chi connectivity index (χ1n) is 8.41. The molecule has 1 aliphatic carbocycles. The first-order chi connectivity index (χ1) is 11.6. The quantitative estimate of drug-likeness (QED) is 0.760. The van der Waals surface area contributed by atoms with E-state index >= 15 is 0 Å². The van der Waals surface area contributed by atoms with Crippen molar-refractivity contribution in [1.82, 2.24) is 4.90 Å². The van der Waals surface area contributed by atoms with Crippen molar-refractivity contribution in [1.29, 1.82) is 0 Å². The van der Waals surface area contributed by atoms with E-state index in [-0.39, 0.29) is 5.91 Å². The van der Waals surface area contributed by atoms with Crippen molar-refractivity contribution in [3.8, 4) is 11.1 Å². The molecule has 126 valence electrons. The molecule has 24 heavy (non-hydrogen) atoms. The molecule has 0 bridgehead atoms. The van der Waals surface area contributed by atoms with E-state index in [1.807, 2.05) is 17.0 Å². The molecule has 0 radical (unpaired) electrons. The highest BCUT2D eigenvalue weighted by Gasteiger charge is 2.31. The van der Waals surface area contributed by atoms with Crippen LogP contribution in [0.2, 0.25) is 0 Å². The minimum Gasteiger partial charge on any atom is -0.339 e. The van der Waals surface area contributed by atoms with Crippen LogP contribution in [0.1, 0.15) is 31.7 Å². The molecule has 1 fully saturated rings. The van der Waals surface area contributed by atoms with Gasteiger partial charge in [0.05, 0.1) is 6.42 Å². The first-order valence-corrected chi connectivity index (χ1v) is 8.41. The van der Waals surface area contributed by atoms with Crippen molar-refractivity contribution in [2.75, 3.05) is 6.54 Å². The molecule has 0 unspecified atom stereocenters. The van der Waals surface area contributed by atoms with Gasteiger partial charge >= 0.3 is 0 Å². The van der Waals surface area contributed by atoms with Gasteiger partial charge in [0.25, 0.3) is 0 Å². The van der Waals surface area contributed by atoms with Gasteiger partial charge in [-0.2, -0.15) is 0 Å². The molecule has 2 aromatic rings. The van der Waals surface area contributed by atoms with Crippen LogP contribution in [0.25, 0.3) is 11.1 Å². The Bertz CT molecular complexity index is 703. The van der Waals surface area contributed by atoms with E-state index in [1.54, 1.807) is 12.1 Å². The largest absolute Gasteiger partial charge is 0.339 e. The lowest BCUT2D eigenvalue weighted by Crippen LogP contribution is -2.34. The summed E-state index contributed by atoms with van der Waals surface area (Å²) in [7, 11) is 0. The maximum atomic E-state index is 13.3. The minimum absolute atomic E-state index is 0.156. The summed E-state index contributed by atoms with van der Waals surface area (Å²) in [6.45, 7) is 2.89. The molecule has 3 rings (SSSR count). The van der Waals surface area contributed by atoms with E-state index < -0.39 is 11.6 Å². The predicted molar refractivity (Wildman–Crippen MR) is 90.5 cm³/mol.